The van der Waals surface area contributed by atoms with Crippen molar-refractivity contribution in [2.45, 2.75) is 49.8 Å². The molecule has 0 bridgehead atoms. The second-order valence-corrected chi connectivity index (χ2v) is 10.2. The molecule has 34 heavy (non-hydrogen) atoms. The van der Waals surface area contributed by atoms with Crippen molar-refractivity contribution >= 4 is 16.8 Å². The molecule has 2 aliphatic heterocycles. The normalized spacial score (nSPS) is 20.4. The summed E-state index contributed by atoms with van der Waals surface area (Å²) in [5.74, 6) is 0.864. The Kier molecular flexibility index (Phi) is 5.67. The summed E-state index contributed by atoms with van der Waals surface area (Å²) in [7, 11) is 0. The topological polar surface area (TPSA) is 96.1 Å². The van der Waals surface area contributed by atoms with E-state index in [0.717, 1.165) is 33.4 Å². The molecule has 1 aromatic carbocycles. The summed E-state index contributed by atoms with van der Waals surface area (Å²) >= 11 is 1.43. The van der Waals surface area contributed by atoms with Crippen LogP contribution in [0.15, 0.2) is 41.9 Å². The first-order valence-corrected chi connectivity index (χ1v) is 11.7. The number of hydrogen-bond donors (Lipinski definition) is 1. The Morgan fingerprint density at radius 2 is 2.03 bits per heavy atom. The Morgan fingerprint density at radius 3 is 2.79 bits per heavy atom. The van der Waals surface area contributed by atoms with E-state index in [2.05, 4.69) is 15.2 Å². The summed E-state index contributed by atoms with van der Waals surface area (Å²) in [5, 5.41) is 8.73. The number of hydrogen-bond acceptors (Lipinski definition) is 7. The lowest BCUT2D eigenvalue weighted by Gasteiger charge is -2.22. The van der Waals surface area contributed by atoms with Gasteiger partial charge in [-0.2, -0.15) is 23.4 Å². The van der Waals surface area contributed by atoms with Crippen molar-refractivity contribution in [2.24, 2.45) is 10.7 Å². The van der Waals surface area contributed by atoms with Crippen molar-refractivity contribution in [3.05, 3.63) is 48.3 Å². The number of nitrogens with two attached hydrogens (primary N) is 1. The fourth-order valence-electron chi connectivity index (χ4n) is 4.02. The maximum absolute atomic E-state index is 12.9. The summed E-state index contributed by atoms with van der Waals surface area (Å²) in [6.07, 6.45) is 1.22. The van der Waals surface area contributed by atoms with E-state index in [9.17, 15) is 13.2 Å². The zero-order valence-corrected chi connectivity index (χ0v) is 19.5. The number of alkyl halides is 3. The Bertz CT molecular complexity index is 1230. The molecule has 0 saturated carbocycles. The fourth-order valence-corrected chi connectivity index (χ4v) is 5.30. The van der Waals surface area contributed by atoms with Crippen LogP contribution in [0, 0.1) is 0 Å². The largest absolute Gasteiger partial charge is 0.493 e. The molecule has 5 rings (SSSR count). The Hall–Kier alpha value is -2.86. The van der Waals surface area contributed by atoms with E-state index >= 15 is 0 Å². The third kappa shape index (κ3) is 4.31. The summed E-state index contributed by atoms with van der Waals surface area (Å²) in [6, 6.07) is 5.71. The summed E-state index contributed by atoms with van der Waals surface area (Å²) < 4.78 is 47.6. The van der Waals surface area contributed by atoms with E-state index in [0.29, 0.717) is 24.6 Å². The number of benzene rings is 1. The Morgan fingerprint density at radius 1 is 1.21 bits per heavy atom. The highest BCUT2D eigenvalue weighted by atomic mass is 32.2. The second-order valence-electron chi connectivity index (χ2n) is 8.97. The van der Waals surface area contributed by atoms with Gasteiger partial charge in [0.1, 0.15) is 23.7 Å². The van der Waals surface area contributed by atoms with Crippen molar-refractivity contribution in [3.63, 3.8) is 0 Å². The molecule has 2 unspecified atom stereocenters. The van der Waals surface area contributed by atoms with Gasteiger partial charge in [-0.1, -0.05) is 23.9 Å². The van der Waals surface area contributed by atoms with E-state index < -0.39 is 12.7 Å². The number of aliphatic imine (C=N–C) groups is 1. The van der Waals surface area contributed by atoms with E-state index in [1.54, 1.807) is 6.20 Å². The Balaban J connectivity index is 1.45. The molecule has 4 heterocycles. The van der Waals surface area contributed by atoms with Crippen molar-refractivity contribution in [3.8, 4) is 16.9 Å². The van der Waals surface area contributed by atoms with Gasteiger partial charge in [-0.05, 0) is 31.9 Å². The van der Waals surface area contributed by atoms with E-state index in [-0.39, 0.29) is 22.7 Å². The molecule has 0 spiro atoms. The summed E-state index contributed by atoms with van der Waals surface area (Å²) in [5.41, 5.74) is 8.38. The molecule has 3 aromatic rings. The van der Waals surface area contributed by atoms with Crippen LogP contribution >= 0.6 is 11.8 Å². The number of ether oxygens (including phenoxy) is 1. The molecule has 12 heteroatoms. The van der Waals surface area contributed by atoms with Gasteiger partial charge in [-0.15, -0.1) is 0 Å². The molecule has 2 aliphatic rings. The second kappa shape index (κ2) is 8.42. The van der Waals surface area contributed by atoms with Crippen LogP contribution in [0.5, 0.6) is 5.75 Å². The van der Waals surface area contributed by atoms with Gasteiger partial charge >= 0.3 is 6.18 Å². The maximum Gasteiger partial charge on any atom is 0.408 e. The molecule has 0 aliphatic carbocycles. The summed E-state index contributed by atoms with van der Waals surface area (Å²) in [6.45, 7) is 3.79. The first-order valence-electron chi connectivity index (χ1n) is 10.9. The SMILES string of the molecule is CC(C)(CN)n1cc(-c2ccc3c(c2)OCCC2SC(c4ncnn4CC(F)(F)F)=NC32)cn1. The van der Waals surface area contributed by atoms with Crippen LogP contribution in [0.3, 0.4) is 0 Å². The minimum atomic E-state index is -4.39. The zero-order valence-electron chi connectivity index (χ0n) is 18.7. The molecule has 0 radical (unpaired) electrons. The lowest BCUT2D eigenvalue weighted by molar-refractivity contribution is -0.142. The average Bonchev–Trinajstić information content (AvgIpc) is 3.51. The van der Waals surface area contributed by atoms with Crippen molar-refractivity contribution in [1.82, 2.24) is 24.5 Å². The minimum Gasteiger partial charge on any atom is -0.493 e. The van der Waals surface area contributed by atoms with Gasteiger partial charge in [0, 0.05) is 29.1 Å². The lowest BCUT2D eigenvalue weighted by Crippen LogP contribution is -2.35. The molecule has 0 amide bonds. The summed E-state index contributed by atoms with van der Waals surface area (Å²) in [4.78, 5) is 8.83. The van der Waals surface area contributed by atoms with Gasteiger partial charge in [0.2, 0.25) is 0 Å². The molecule has 2 aromatic heterocycles. The van der Waals surface area contributed by atoms with Crippen LogP contribution in [-0.4, -0.2) is 54.2 Å². The molecular formula is C22H24F3N7OS. The molecule has 8 nitrogen and oxygen atoms in total. The van der Waals surface area contributed by atoms with Crippen LogP contribution in [0.25, 0.3) is 11.1 Å². The molecule has 180 valence electrons. The van der Waals surface area contributed by atoms with Gasteiger partial charge < -0.3 is 10.5 Å². The fraction of sp³-hybridized carbons (Fsp3) is 0.455. The third-order valence-electron chi connectivity index (χ3n) is 6.04. The van der Waals surface area contributed by atoms with Crippen molar-refractivity contribution < 1.29 is 17.9 Å². The highest BCUT2D eigenvalue weighted by Gasteiger charge is 2.38. The number of fused-ring (bicyclic) bond motifs is 3. The molecular weight excluding hydrogens is 467 g/mol. The predicted octanol–water partition coefficient (Wildman–Crippen LogP) is 3.78. The number of rotatable bonds is 5. The molecule has 2 N–H and O–H groups in total. The smallest absolute Gasteiger partial charge is 0.408 e. The Labute approximate surface area is 198 Å². The predicted molar refractivity (Wildman–Crippen MR) is 123 cm³/mol. The van der Waals surface area contributed by atoms with Gasteiger partial charge in [0.25, 0.3) is 0 Å². The minimum absolute atomic E-state index is 0.0474. The van der Waals surface area contributed by atoms with Gasteiger partial charge in [0.15, 0.2) is 5.82 Å². The average molecular weight is 492 g/mol. The standard InChI is InChI=1S/C22H24F3N7OS/c1-21(2,10-26)32-9-14(8-28-32)13-3-4-15-16(7-13)33-6-5-17-18(15)30-20(34-17)19-27-12-29-31(19)11-22(23,24)25/h3-4,7-9,12,17-18H,5-6,10-11,26H2,1-2H3. The van der Waals surface area contributed by atoms with E-state index in [4.69, 9.17) is 15.5 Å². The van der Waals surface area contributed by atoms with Gasteiger partial charge in [0.05, 0.1) is 24.4 Å². The van der Waals surface area contributed by atoms with Crippen LogP contribution in [0.2, 0.25) is 0 Å². The maximum atomic E-state index is 12.9. The van der Waals surface area contributed by atoms with Crippen molar-refractivity contribution in [2.75, 3.05) is 13.2 Å². The number of halogens is 3. The van der Waals surface area contributed by atoms with E-state index in [1.807, 2.05) is 42.9 Å². The monoisotopic (exact) mass is 491 g/mol. The van der Waals surface area contributed by atoms with Crippen molar-refractivity contribution in [1.29, 1.82) is 0 Å². The van der Waals surface area contributed by atoms with Crippen LogP contribution in [0.1, 0.15) is 37.7 Å². The third-order valence-corrected chi connectivity index (χ3v) is 7.34. The van der Waals surface area contributed by atoms with Crippen LogP contribution < -0.4 is 10.5 Å². The van der Waals surface area contributed by atoms with E-state index in [1.165, 1.54) is 11.8 Å². The number of thioether (sulfide) groups is 1. The first kappa shape index (κ1) is 22.9. The molecule has 2 atom stereocenters. The zero-order chi connectivity index (χ0) is 24.1. The van der Waals surface area contributed by atoms with Gasteiger partial charge in [-0.25, -0.2) is 9.67 Å². The highest BCUT2D eigenvalue weighted by Crippen LogP contribution is 2.46. The van der Waals surface area contributed by atoms with Crippen LogP contribution in [0.4, 0.5) is 13.2 Å². The first-order chi connectivity index (χ1) is 16.1. The highest BCUT2D eigenvalue weighted by molar-refractivity contribution is 8.15. The quantitative estimate of drug-likeness (QED) is 0.584. The number of aromatic nitrogens is 5. The molecule has 0 fully saturated rings. The lowest BCUT2D eigenvalue weighted by atomic mass is 9.99. The van der Waals surface area contributed by atoms with Crippen LogP contribution in [-0.2, 0) is 12.1 Å². The van der Waals surface area contributed by atoms with Gasteiger partial charge in [-0.3, -0.25) is 9.67 Å². The number of nitrogens with zero attached hydrogens (tertiary/aromatic N) is 6. The molecule has 0 saturated heterocycles.